The number of amides is 1. The number of hydrogen-bond donors (Lipinski definition) is 1. The smallest absolute Gasteiger partial charge is 0.295 e. The van der Waals surface area contributed by atoms with Gasteiger partial charge in [0.05, 0.1) is 38.5 Å². The number of ether oxygens (including phenoxy) is 4. The van der Waals surface area contributed by atoms with Crippen molar-refractivity contribution in [3.63, 3.8) is 0 Å². The molecule has 2 aromatic rings. The summed E-state index contributed by atoms with van der Waals surface area (Å²) in [5, 5.41) is 11.1. The molecule has 2 aromatic carbocycles. The Morgan fingerprint density at radius 3 is 2.24 bits per heavy atom. The second kappa shape index (κ2) is 10.4. The van der Waals surface area contributed by atoms with Crippen molar-refractivity contribution < 1.29 is 33.6 Å². The molecule has 1 fully saturated rings. The van der Waals surface area contributed by atoms with Crippen molar-refractivity contribution in [1.82, 2.24) is 4.90 Å². The molecule has 0 saturated carbocycles. The van der Waals surface area contributed by atoms with Crippen molar-refractivity contribution in [2.45, 2.75) is 26.0 Å². The van der Waals surface area contributed by atoms with E-state index in [0.717, 1.165) is 0 Å². The number of methoxy groups -OCH3 is 3. The Kier molecular flexibility index (Phi) is 7.60. The van der Waals surface area contributed by atoms with Crippen LogP contribution in [0.2, 0.25) is 0 Å². The minimum Gasteiger partial charge on any atom is -0.507 e. The summed E-state index contributed by atoms with van der Waals surface area (Å²) in [7, 11) is 4.54. The van der Waals surface area contributed by atoms with Crippen molar-refractivity contribution in [3.8, 4) is 17.2 Å². The van der Waals surface area contributed by atoms with Crippen LogP contribution in [0.4, 0.5) is 0 Å². The highest BCUT2D eigenvalue weighted by molar-refractivity contribution is 6.46. The molecule has 1 atom stereocenters. The standard InChI is InChI=1S/C25H29NO7/c1-15(2)33-18-9-6-16(7-10-18)23(27)21-22(26(12-13-30-3)25(29)24(21)28)17-8-11-19(31-4)20(14-17)32-5/h6-11,14-15,22,27H,12-13H2,1-5H3/b23-21+/t22-/m0/s1. The number of carbonyl (C=O) groups is 2. The molecule has 1 heterocycles. The van der Waals surface area contributed by atoms with E-state index >= 15 is 0 Å². The second-order valence-corrected chi connectivity index (χ2v) is 7.79. The summed E-state index contributed by atoms with van der Waals surface area (Å²) in [5.41, 5.74) is 1.01. The van der Waals surface area contributed by atoms with E-state index in [1.165, 1.54) is 26.2 Å². The molecular formula is C25H29NO7. The predicted molar refractivity (Wildman–Crippen MR) is 123 cm³/mol. The average Bonchev–Trinajstić information content (AvgIpc) is 3.06. The summed E-state index contributed by atoms with van der Waals surface area (Å²) in [5.74, 6) is -0.125. The fourth-order valence-corrected chi connectivity index (χ4v) is 3.79. The van der Waals surface area contributed by atoms with Crippen molar-refractivity contribution in [3.05, 3.63) is 59.2 Å². The molecule has 0 radical (unpaired) electrons. The molecule has 176 valence electrons. The number of nitrogens with zero attached hydrogens (tertiary/aromatic N) is 1. The van der Waals surface area contributed by atoms with Crippen molar-refractivity contribution in [2.75, 3.05) is 34.5 Å². The summed E-state index contributed by atoms with van der Waals surface area (Å²) in [6.45, 7) is 4.24. The van der Waals surface area contributed by atoms with Crippen LogP contribution in [-0.4, -0.2) is 62.3 Å². The van der Waals surface area contributed by atoms with Crippen LogP contribution in [0.25, 0.3) is 5.76 Å². The first kappa shape index (κ1) is 24.1. The highest BCUT2D eigenvalue weighted by Crippen LogP contribution is 2.41. The molecule has 1 aliphatic heterocycles. The van der Waals surface area contributed by atoms with Crippen LogP contribution in [0.15, 0.2) is 48.0 Å². The van der Waals surface area contributed by atoms with Crippen LogP contribution in [-0.2, 0) is 14.3 Å². The van der Waals surface area contributed by atoms with E-state index in [1.807, 2.05) is 13.8 Å². The van der Waals surface area contributed by atoms with E-state index in [4.69, 9.17) is 18.9 Å². The lowest BCUT2D eigenvalue weighted by molar-refractivity contribution is -0.140. The number of rotatable bonds is 9. The fourth-order valence-electron chi connectivity index (χ4n) is 3.79. The number of benzene rings is 2. The molecule has 1 saturated heterocycles. The van der Waals surface area contributed by atoms with Gasteiger partial charge in [-0.3, -0.25) is 9.59 Å². The normalized spacial score (nSPS) is 17.5. The molecule has 0 spiro atoms. The van der Waals surface area contributed by atoms with E-state index < -0.39 is 17.7 Å². The van der Waals surface area contributed by atoms with E-state index in [1.54, 1.807) is 42.5 Å². The second-order valence-electron chi connectivity index (χ2n) is 7.79. The summed E-state index contributed by atoms with van der Waals surface area (Å²) in [6, 6.07) is 11.0. The summed E-state index contributed by atoms with van der Waals surface area (Å²) < 4.78 is 21.5. The fraction of sp³-hybridized carbons (Fsp3) is 0.360. The molecule has 3 rings (SSSR count). The first-order chi connectivity index (χ1) is 15.8. The third-order valence-corrected chi connectivity index (χ3v) is 5.30. The lowest BCUT2D eigenvalue weighted by Gasteiger charge is -2.25. The van der Waals surface area contributed by atoms with Gasteiger partial charge in [-0.1, -0.05) is 6.07 Å². The molecule has 0 bridgehead atoms. The Hall–Kier alpha value is -3.52. The largest absolute Gasteiger partial charge is 0.507 e. The molecule has 33 heavy (non-hydrogen) atoms. The zero-order valence-electron chi connectivity index (χ0n) is 19.5. The van der Waals surface area contributed by atoms with Gasteiger partial charge in [-0.05, 0) is 55.8 Å². The maximum atomic E-state index is 13.0. The van der Waals surface area contributed by atoms with Gasteiger partial charge in [-0.25, -0.2) is 0 Å². The van der Waals surface area contributed by atoms with Gasteiger partial charge in [0.2, 0.25) is 0 Å². The van der Waals surface area contributed by atoms with Crippen molar-refractivity contribution >= 4 is 17.4 Å². The lowest BCUT2D eigenvalue weighted by Crippen LogP contribution is -2.32. The van der Waals surface area contributed by atoms with Gasteiger partial charge in [0, 0.05) is 19.2 Å². The molecular weight excluding hydrogens is 426 g/mol. The van der Waals surface area contributed by atoms with Gasteiger partial charge in [0.1, 0.15) is 11.5 Å². The van der Waals surface area contributed by atoms with Crippen LogP contribution >= 0.6 is 0 Å². The molecule has 0 aliphatic carbocycles. The SMILES string of the molecule is COCCN1C(=O)C(=O)/C(=C(/O)c2ccc(OC(C)C)cc2)[C@@H]1c1ccc(OC)c(OC)c1. The third-order valence-electron chi connectivity index (χ3n) is 5.30. The number of carbonyl (C=O) groups excluding carboxylic acids is 2. The van der Waals surface area contributed by atoms with Gasteiger partial charge >= 0.3 is 0 Å². The van der Waals surface area contributed by atoms with Crippen LogP contribution in [0.5, 0.6) is 17.2 Å². The summed E-state index contributed by atoms with van der Waals surface area (Å²) in [4.78, 5) is 27.3. The zero-order valence-corrected chi connectivity index (χ0v) is 19.5. The van der Waals surface area contributed by atoms with Crippen molar-refractivity contribution in [1.29, 1.82) is 0 Å². The Labute approximate surface area is 193 Å². The van der Waals surface area contributed by atoms with Crippen LogP contribution in [0.1, 0.15) is 31.0 Å². The Morgan fingerprint density at radius 2 is 1.67 bits per heavy atom. The molecule has 8 nitrogen and oxygen atoms in total. The summed E-state index contributed by atoms with van der Waals surface area (Å²) in [6.07, 6.45) is 0.000563. The monoisotopic (exact) mass is 455 g/mol. The van der Waals surface area contributed by atoms with E-state index in [-0.39, 0.29) is 30.6 Å². The maximum absolute atomic E-state index is 13.0. The summed E-state index contributed by atoms with van der Waals surface area (Å²) >= 11 is 0. The van der Waals surface area contributed by atoms with Crippen LogP contribution in [0, 0.1) is 0 Å². The van der Waals surface area contributed by atoms with E-state index in [0.29, 0.717) is 28.4 Å². The average molecular weight is 456 g/mol. The Morgan fingerprint density at radius 1 is 1.00 bits per heavy atom. The number of aliphatic hydroxyl groups is 1. The van der Waals surface area contributed by atoms with Gasteiger partial charge in [-0.2, -0.15) is 0 Å². The quantitative estimate of drug-likeness (QED) is 0.351. The Balaban J connectivity index is 2.12. The topological polar surface area (TPSA) is 94.5 Å². The molecule has 0 aromatic heterocycles. The highest BCUT2D eigenvalue weighted by Gasteiger charge is 2.46. The zero-order chi connectivity index (χ0) is 24.1. The number of ketones is 1. The van der Waals surface area contributed by atoms with Crippen LogP contribution in [0.3, 0.4) is 0 Å². The molecule has 1 N–H and O–H groups in total. The van der Waals surface area contributed by atoms with Gasteiger partial charge < -0.3 is 29.0 Å². The van der Waals surface area contributed by atoms with Gasteiger partial charge in [0.25, 0.3) is 11.7 Å². The Bertz CT molecular complexity index is 1040. The minimum atomic E-state index is -0.813. The predicted octanol–water partition coefficient (Wildman–Crippen LogP) is 3.56. The lowest BCUT2D eigenvalue weighted by atomic mass is 9.95. The van der Waals surface area contributed by atoms with E-state index in [9.17, 15) is 14.7 Å². The molecule has 1 amide bonds. The maximum Gasteiger partial charge on any atom is 0.295 e. The highest BCUT2D eigenvalue weighted by atomic mass is 16.5. The first-order valence-electron chi connectivity index (χ1n) is 10.6. The number of Topliss-reactive ketones (excluding diaryl/α,β-unsaturated/α-hetero) is 1. The van der Waals surface area contributed by atoms with Crippen LogP contribution < -0.4 is 14.2 Å². The molecule has 8 heteroatoms. The number of aliphatic hydroxyl groups excluding tert-OH is 1. The third kappa shape index (κ3) is 4.96. The minimum absolute atomic E-state index is 0.000563. The molecule has 0 unspecified atom stereocenters. The van der Waals surface area contributed by atoms with Gasteiger partial charge in [-0.15, -0.1) is 0 Å². The first-order valence-corrected chi connectivity index (χ1v) is 10.6. The van der Waals surface area contributed by atoms with Gasteiger partial charge in [0.15, 0.2) is 11.5 Å². The van der Waals surface area contributed by atoms with E-state index in [2.05, 4.69) is 0 Å². The number of likely N-dealkylation sites (tertiary alicyclic amines) is 1. The van der Waals surface area contributed by atoms with Crippen molar-refractivity contribution in [2.24, 2.45) is 0 Å². The molecule has 1 aliphatic rings. The number of hydrogen-bond acceptors (Lipinski definition) is 7.